The topological polar surface area (TPSA) is 0 Å². The number of hydrogen-bond acceptors (Lipinski definition) is 0. The molecule has 1 heteroatoms. The van der Waals surface area contributed by atoms with Gasteiger partial charge in [-0.2, -0.15) is 0 Å². The van der Waals surface area contributed by atoms with Crippen LogP contribution in [0.2, 0.25) is 0 Å². The van der Waals surface area contributed by atoms with Crippen molar-refractivity contribution in [3.8, 4) is 0 Å². The van der Waals surface area contributed by atoms with Gasteiger partial charge in [0.2, 0.25) is 0 Å². The number of hydrogen-bond donors (Lipinski definition) is 0. The first-order chi connectivity index (χ1) is 4.67. The van der Waals surface area contributed by atoms with E-state index in [0.717, 1.165) is 10.9 Å². The van der Waals surface area contributed by atoms with Crippen molar-refractivity contribution in [3.05, 3.63) is 23.9 Å². The Hall–Kier alpha value is -0.560. The number of quaternary nitrogens is 1. The number of rotatable bonds is 2. The fourth-order valence-corrected chi connectivity index (χ4v) is 1.09. The van der Waals surface area contributed by atoms with Crippen molar-refractivity contribution in [1.82, 2.24) is 0 Å². The predicted octanol–water partition coefficient (Wildman–Crippen LogP) is 1.93. The van der Waals surface area contributed by atoms with Gasteiger partial charge in [-0.05, 0) is 13.0 Å². The summed E-state index contributed by atoms with van der Waals surface area (Å²) in [5, 5.41) is 0. The van der Waals surface area contributed by atoms with Crippen LogP contribution in [-0.2, 0) is 0 Å². The van der Waals surface area contributed by atoms with Crippen LogP contribution in [0, 0.1) is 0 Å². The molecule has 0 N–H and O–H groups in total. The van der Waals surface area contributed by atoms with Crippen LogP contribution in [0.25, 0.3) is 0 Å². The summed E-state index contributed by atoms with van der Waals surface area (Å²) in [4.78, 5) is 0. The third-order valence-corrected chi connectivity index (χ3v) is 2.32. The standard InChI is InChI=1S/C9H16N/c1-4-10(2,3)9-7-5-6-8-9/h5-7H,4,8H2,1-3H3/q+1. The molecule has 0 fully saturated rings. The van der Waals surface area contributed by atoms with Crippen LogP contribution < -0.4 is 0 Å². The van der Waals surface area contributed by atoms with Crippen molar-refractivity contribution in [2.45, 2.75) is 13.3 Å². The van der Waals surface area contributed by atoms with Crippen molar-refractivity contribution in [3.63, 3.8) is 0 Å². The molecule has 0 aromatic rings. The molecule has 0 heterocycles. The molecule has 56 valence electrons. The predicted molar refractivity (Wildman–Crippen MR) is 44.5 cm³/mol. The molecule has 0 aliphatic heterocycles. The fraction of sp³-hybridized carbons (Fsp3) is 0.556. The minimum absolute atomic E-state index is 1.03. The van der Waals surface area contributed by atoms with E-state index in [1.165, 1.54) is 12.2 Å². The van der Waals surface area contributed by atoms with Crippen molar-refractivity contribution in [2.24, 2.45) is 0 Å². The second-order valence-corrected chi connectivity index (χ2v) is 3.29. The first kappa shape index (κ1) is 7.55. The molecular weight excluding hydrogens is 122 g/mol. The normalized spacial score (nSPS) is 17.7. The van der Waals surface area contributed by atoms with Gasteiger partial charge in [0.25, 0.3) is 0 Å². The molecule has 0 bridgehead atoms. The maximum Gasteiger partial charge on any atom is 0.112 e. The lowest BCUT2D eigenvalue weighted by Gasteiger charge is -2.28. The van der Waals surface area contributed by atoms with E-state index in [0.29, 0.717) is 0 Å². The molecule has 1 rings (SSSR count). The molecule has 1 aliphatic rings. The summed E-state index contributed by atoms with van der Waals surface area (Å²) < 4.78 is 1.03. The lowest BCUT2D eigenvalue weighted by Crippen LogP contribution is -2.37. The van der Waals surface area contributed by atoms with Gasteiger partial charge >= 0.3 is 0 Å². The lowest BCUT2D eigenvalue weighted by atomic mass is 10.3. The van der Waals surface area contributed by atoms with Crippen LogP contribution in [0.4, 0.5) is 0 Å². The lowest BCUT2D eigenvalue weighted by molar-refractivity contribution is -0.851. The molecule has 0 aromatic carbocycles. The van der Waals surface area contributed by atoms with E-state index < -0.39 is 0 Å². The summed E-state index contributed by atoms with van der Waals surface area (Å²) >= 11 is 0. The van der Waals surface area contributed by atoms with Gasteiger partial charge in [0.05, 0.1) is 20.6 Å². The van der Waals surface area contributed by atoms with Crippen molar-refractivity contribution in [1.29, 1.82) is 0 Å². The van der Waals surface area contributed by atoms with E-state index in [2.05, 4.69) is 39.2 Å². The molecule has 0 atom stereocenters. The maximum atomic E-state index is 2.25. The summed E-state index contributed by atoms with van der Waals surface area (Å²) in [6.45, 7) is 3.40. The Balaban J connectivity index is 2.65. The van der Waals surface area contributed by atoms with E-state index >= 15 is 0 Å². The average molecular weight is 138 g/mol. The Labute approximate surface area is 63.2 Å². The second kappa shape index (κ2) is 2.59. The molecule has 0 radical (unpaired) electrons. The van der Waals surface area contributed by atoms with E-state index in [1.54, 1.807) is 0 Å². The molecule has 0 aromatic heterocycles. The van der Waals surface area contributed by atoms with Crippen LogP contribution >= 0.6 is 0 Å². The van der Waals surface area contributed by atoms with Gasteiger partial charge in [-0.15, -0.1) is 0 Å². The Bertz CT molecular complexity index is 175. The molecule has 0 unspecified atom stereocenters. The number of allylic oxidation sites excluding steroid dienone is 3. The molecule has 1 aliphatic carbocycles. The third-order valence-electron chi connectivity index (χ3n) is 2.32. The smallest absolute Gasteiger partial charge is 0.112 e. The van der Waals surface area contributed by atoms with Crippen LogP contribution in [0.3, 0.4) is 0 Å². The molecule has 10 heavy (non-hydrogen) atoms. The molecule has 1 nitrogen and oxygen atoms in total. The summed E-state index contributed by atoms with van der Waals surface area (Å²) in [6.07, 6.45) is 7.72. The summed E-state index contributed by atoms with van der Waals surface area (Å²) in [6, 6.07) is 0. The van der Waals surface area contributed by atoms with Gasteiger partial charge in [-0.3, -0.25) is 4.48 Å². The Kier molecular flexibility index (Phi) is 1.95. The van der Waals surface area contributed by atoms with Crippen LogP contribution in [0.1, 0.15) is 13.3 Å². The van der Waals surface area contributed by atoms with Crippen LogP contribution in [-0.4, -0.2) is 25.1 Å². The minimum atomic E-state index is 1.03. The highest BCUT2D eigenvalue weighted by Gasteiger charge is 2.19. The highest BCUT2D eigenvalue weighted by atomic mass is 15.3. The molecule has 0 amide bonds. The Morgan fingerprint density at radius 2 is 2.20 bits per heavy atom. The molecule has 0 saturated heterocycles. The average Bonchev–Trinajstić information content (AvgIpc) is 2.38. The van der Waals surface area contributed by atoms with E-state index in [1.807, 2.05) is 0 Å². The summed E-state index contributed by atoms with van der Waals surface area (Å²) in [7, 11) is 4.50. The number of nitrogens with zero attached hydrogens (tertiary/aromatic N) is 1. The van der Waals surface area contributed by atoms with E-state index in [9.17, 15) is 0 Å². The largest absolute Gasteiger partial charge is 0.300 e. The highest BCUT2D eigenvalue weighted by Crippen LogP contribution is 2.19. The zero-order valence-corrected chi connectivity index (χ0v) is 7.09. The second-order valence-electron chi connectivity index (χ2n) is 3.29. The summed E-state index contributed by atoms with van der Waals surface area (Å²) in [5.41, 5.74) is 1.52. The van der Waals surface area contributed by atoms with Gasteiger partial charge in [-0.25, -0.2) is 0 Å². The quantitative estimate of drug-likeness (QED) is 0.511. The molecular formula is C9H16N+. The zero-order valence-electron chi connectivity index (χ0n) is 7.09. The van der Waals surface area contributed by atoms with Gasteiger partial charge in [0.1, 0.15) is 5.70 Å². The van der Waals surface area contributed by atoms with Gasteiger partial charge in [0, 0.05) is 6.42 Å². The monoisotopic (exact) mass is 138 g/mol. The van der Waals surface area contributed by atoms with Crippen LogP contribution in [0.15, 0.2) is 23.9 Å². The first-order valence-corrected chi connectivity index (χ1v) is 3.86. The Morgan fingerprint density at radius 3 is 2.60 bits per heavy atom. The van der Waals surface area contributed by atoms with Crippen molar-refractivity contribution < 1.29 is 4.48 Å². The fourth-order valence-electron chi connectivity index (χ4n) is 1.09. The summed E-state index contributed by atoms with van der Waals surface area (Å²) in [5.74, 6) is 0. The van der Waals surface area contributed by atoms with E-state index in [4.69, 9.17) is 0 Å². The van der Waals surface area contributed by atoms with Gasteiger partial charge in [-0.1, -0.05) is 12.2 Å². The van der Waals surface area contributed by atoms with E-state index in [-0.39, 0.29) is 0 Å². The van der Waals surface area contributed by atoms with Gasteiger partial charge < -0.3 is 0 Å². The highest BCUT2D eigenvalue weighted by molar-refractivity contribution is 5.18. The SMILES string of the molecule is CC[N+](C)(C)C1=CC=CC1. The molecule has 0 saturated carbocycles. The van der Waals surface area contributed by atoms with Crippen LogP contribution in [0.5, 0.6) is 0 Å². The van der Waals surface area contributed by atoms with Crippen molar-refractivity contribution >= 4 is 0 Å². The van der Waals surface area contributed by atoms with Crippen molar-refractivity contribution in [2.75, 3.05) is 20.6 Å². The maximum absolute atomic E-state index is 2.25. The van der Waals surface area contributed by atoms with Gasteiger partial charge in [0.15, 0.2) is 0 Å². The zero-order chi connectivity index (χ0) is 7.61. The molecule has 0 spiro atoms. The third kappa shape index (κ3) is 1.29. The Morgan fingerprint density at radius 1 is 1.50 bits per heavy atom. The minimum Gasteiger partial charge on any atom is -0.300 e. The first-order valence-electron chi connectivity index (χ1n) is 3.86.